The van der Waals surface area contributed by atoms with E-state index in [1.54, 1.807) is 0 Å². The third kappa shape index (κ3) is 1.64. The van der Waals surface area contributed by atoms with Gasteiger partial charge in [-0.25, -0.2) is 0 Å². The molecule has 4 atom stereocenters. The third-order valence-electron chi connectivity index (χ3n) is 3.35. The Morgan fingerprint density at radius 2 is 2.17 bits per heavy atom. The zero-order chi connectivity index (χ0) is 8.55. The van der Waals surface area contributed by atoms with Crippen LogP contribution in [-0.2, 0) is 0 Å². The molecule has 0 aliphatic heterocycles. The summed E-state index contributed by atoms with van der Waals surface area (Å²) in [5.74, 6) is 0.901. The number of hydrogen-bond acceptors (Lipinski definition) is 2. The molecule has 0 saturated heterocycles. The summed E-state index contributed by atoms with van der Waals surface area (Å²) in [4.78, 5) is 0. The van der Waals surface area contributed by atoms with Crippen LogP contribution in [0.5, 0.6) is 0 Å². The lowest BCUT2D eigenvalue weighted by Crippen LogP contribution is -2.37. The van der Waals surface area contributed by atoms with Crippen molar-refractivity contribution in [1.29, 1.82) is 0 Å². The zero-order valence-corrected chi connectivity index (χ0v) is 7.79. The molecule has 0 aromatic rings. The molecule has 2 aliphatic rings. The number of aliphatic hydroxyl groups excluding tert-OH is 1. The summed E-state index contributed by atoms with van der Waals surface area (Å²) in [6, 6.07) is 1.14. The van der Waals surface area contributed by atoms with Gasteiger partial charge in [-0.3, -0.25) is 0 Å². The molecule has 70 valence electrons. The number of nitrogens with one attached hydrogen (secondary N) is 1. The molecule has 0 spiro atoms. The van der Waals surface area contributed by atoms with Crippen molar-refractivity contribution >= 4 is 0 Å². The average molecular weight is 169 g/mol. The minimum absolute atomic E-state index is 0.0666. The number of aliphatic hydroxyl groups is 1. The van der Waals surface area contributed by atoms with Crippen molar-refractivity contribution in [3.63, 3.8) is 0 Å². The van der Waals surface area contributed by atoms with Gasteiger partial charge in [0.15, 0.2) is 0 Å². The molecule has 0 bridgehead atoms. The first-order valence-electron chi connectivity index (χ1n) is 5.25. The summed E-state index contributed by atoms with van der Waals surface area (Å²) in [5.41, 5.74) is 0. The average Bonchev–Trinajstić information content (AvgIpc) is 2.70. The molecule has 2 N–H and O–H groups in total. The van der Waals surface area contributed by atoms with E-state index in [2.05, 4.69) is 12.2 Å². The second kappa shape index (κ2) is 3.35. The Morgan fingerprint density at radius 1 is 1.33 bits per heavy atom. The molecule has 0 amide bonds. The van der Waals surface area contributed by atoms with E-state index in [1.165, 1.54) is 25.7 Å². The maximum atomic E-state index is 9.56. The molecular formula is C10H19NO. The van der Waals surface area contributed by atoms with Gasteiger partial charge in [-0.05, 0) is 31.6 Å². The predicted molar refractivity (Wildman–Crippen MR) is 49.0 cm³/mol. The first-order chi connectivity index (χ1) is 5.81. The Labute approximate surface area is 74.4 Å². The Balaban J connectivity index is 1.73. The molecule has 2 rings (SSSR count). The summed E-state index contributed by atoms with van der Waals surface area (Å²) >= 11 is 0. The molecule has 2 saturated carbocycles. The van der Waals surface area contributed by atoms with Gasteiger partial charge in [0, 0.05) is 12.1 Å². The van der Waals surface area contributed by atoms with E-state index in [9.17, 15) is 5.11 Å². The highest BCUT2D eigenvalue weighted by molar-refractivity contribution is 4.96. The quantitative estimate of drug-likeness (QED) is 0.667. The fourth-order valence-electron chi connectivity index (χ4n) is 2.31. The SMILES string of the molecule is CCC1CC1NC1CCCC1O. The molecule has 0 heterocycles. The van der Waals surface area contributed by atoms with Crippen LogP contribution in [0.3, 0.4) is 0 Å². The summed E-state index contributed by atoms with van der Waals surface area (Å²) < 4.78 is 0. The van der Waals surface area contributed by atoms with Gasteiger partial charge in [0.2, 0.25) is 0 Å². The Bertz CT molecular complexity index is 160. The normalized spacial score (nSPS) is 46.5. The lowest BCUT2D eigenvalue weighted by atomic mass is 10.2. The van der Waals surface area contributed by atoms with Gasteiger partial charge in [-0.2, -0.15) is 0 Å². The van der Waals surface area contributed by atoms with Gasteiger partial charge in [-0.15, -0.1) is 0 Å². The molecule has 0 aromatic heterocycles. The number of hydrogen-bond donors (Lipinski definition) is 2. The van der Waals surface area contributed by atoms with E-state index in [-0.39, 0.29) is 6.10 Å². The van der Waals surface area contributed by atoms with Gasteiger partial charge in [0.05, 0.1) is 6.10 Å². The molecule has 2 aliphatic carbocycles. The molecule has 0 aromatic carbocycles. The first-order valence-corrected chi connectivity index (χ1v) is 5.25. The summed E-state index contributed by atoms with van der Waals surface area (Å²) in [7, 11) is 0. The third-order valence-corrected chi connectivity index (χ3v) is 3.35. The van der Waals surface area contributed by atoms with Crippen molar-refractivity contribution in [3.05, 3.63) is 0 Å². The molecular weight excluding hydrogens is 150 g/mol. The zero-order valence-electron chi connectivity index (χ0n) is 7.79. The minimum Gasteiger partial charge on any atom is -0.392 e. The monoisotopic (exact) mass is 169 g/mol. The lowest BCUT2D eigenvalue weighted by molar-refractivity contribution is 0.147. The smallest absolute Gasteiger partial charge is 0.0693 e. The molecule has 12 heavy (non-hydrogen) atoms. The van der Waals surface area contributed by atoms with Crippen LogP contribution < -0.4 is 5.32 Å². The Morgan fingerprint density at radius 3 is 2.67 bits per heavy atom. The van der Waals surface area contributed by atoms with Crippen molar-refractivity contribution in [3.8, 4) is 0 Å². The van der Waals surface area contributed by atoms with Crippen LogP contribution in [0, 0.1) is 5.92 Å². The molecule has 2 nitrogen and oxygen atoms in total. The standard InChI is InChI=1S/C10H19NO/c1-2-7-6-9(7)11-8-4-3-5-10(8)12/h7-12H,2-6H2,1H3. The van der Waals surface area contributed by atoms with Crippen molar-refractivity contribution in [2.24, 2.45) is 5.92 Å². The van der Waals surface area contributed by atoms with Crippen LogP contribution >= 0.6 is 0 Å². The summed E-state index contributed by atoms with van der Waals surface area (Å²) in [6.45, 7) is 2.25. The molecule has 2 heteroatoms. The van der Waals surface area contributed by atoms with Crippen LogP contribution in [0.2, 0.25) is 0 Å². The van der Waals surface area contributed by atoms with Gasteiger partial charge in [0.25, 0.3) is 0 Å². The van der Waals surface area contributed by atoms with Gasteiger partial charge < -0.3 is 10.4 Å². The van der Waals surface area contributed by atoms with Crippen LogP contribution in [0.25, 0.3) is 0 Å². The Hall–Kier alpha value is -0.0800. The van der Waals surface area contributed by atoms with E-state index in [0.29, 0.717) is 6.04 Å². The van der Waals surface area contributed by atoms with Crippen molar-refractivity contribution < 1.29 is 5.11 Å². The second-order valence-electron chi connectivity index (χ2n) is 4.28. The first kappa shape index (κ1) is 8.52. The highest BCUT2D eigenvalue weighted by atomic mass is 16.3. The topological polar surface area (TPSA) is 32.3 Å². The molecule has 4 unspecified atom stereocenters. The minimum atomic E-state index is -0.0666. The summed E-state index contributed by atoms with van der Waals surface area (Å²) in [5, 5.41) is 13.1. The van der Waals surface area contributed by atoms with Crippen molar-refractivity contribution in [2.75, 3.05) is 0 Å². The van der Waals surface area contributed by atoms with E-state index >= 15 is 0 Å². The predicted octanol–water partition coefficient (Wildman–Crippen LogP) is 1.29. The van der Waals surface area contributed by atoms with Gasteiger partial charge in [0.1, 0.15) is 0 Å². The van der Waals surface area contributed by atoms with Crippen LogP contribution in [0.4, 0.5) is 0 Å². The maximum absolute atomic E-state index is 9.56. The molecule has 0 radical (unpaired) electrons. The van der Waals surface area contributed by atoms with E-state index < -0.39 is 0 Å². The van der Waals surface area contributed by atoms with Crippen molar-refractivity contribution in [1.82, 2.24) is 5.32 Å². The fraction of sp³-hybridized carbons (Fsp3) is 1.00. The van der Waals surface area contributed by atoms with Crippen LogP contribution in [-0.4, -0.2) is 23.3 Å². The van der Waals surface area contributed by atoms with E-state index in [1.807, 2.05) is 0 Å². The lowest BCUT2D eigenvalue weighted by Gasteiger charge is -2.16. The summed E-state index contributed by atoms with van der Waals surface area (Å²) in [6.07, 6.45) is 5.93. The van der Waals surface area contributed by atoms with Gasteiger partial charge >= 0.3 is 0 Å². The highest BCUT2D eigenvalue weighted by Gasteiger charge is 2.38. The maximum Gasteiger partial charge on any atom is 0.0693 e. The van der Waals surface area contributed by atoms with Crippen LogP contribution in [0.15, 0.2) is 0 Å². The van der Waals surface area contributed by atoms with E-state index in [0.717, 1.165) is 18.4 Å². The number of rotatable bonds is 3. The largest absolute Gasteiger partial charge is 0.392 e. The van der Waals surface area contributed by atoms with Gasteiger partial charge in [-0.1, -0.05) is 13.3 Å². The Kier molecular flexibility index (Phi) is 2.37. The fourth-order valence-corrected chi connectivity index (χ4v) is 2.31. The van der Waals surface area contributed by atoms with E-state index in [4.69, 9.17) is 0 Å². The molecule has 2 fully saturated rings. The van der Waals surface area contributed by atoms with Crippen LogP contribution in [0.1, 0.15) is 39.0 Å². The van der Waals surface area contributed by atoms with Crippen molar-refractivity contribution in [2.45, 2.75) is 57.2 Å². The highest BCUT2D eigenvalue weighted by Crippen LogP contribution is 2.35. The second-order valence-corrected chi connectivity index (χ2v) is 4.28.